The van der Waals surface area contributed by atoms with Crippen LogP contribution in [0.5, 0.6) is 5.75 Å². The van der Waals surface area contributed by atoms with Gasteiger partial charge >= 0.3 is 6.18 Å². The van der Waals surface area contributed by atoms with Crippen molar-refractivity contribution < 1.29 is 18.3 Å². The molecular weight excluding hydrogens is 207 g/mol. The van der Waals surface area contributed by atoms with Crippen LogP contribution in [0.2, 0.25) is 0 Å². The first kappa shape index (κ1) is 9.76. The summed E-state index contributed by atoms with van der Waals surface area (Å²) in [7, 11) is 0. The molecule has 0 saturated carbocycles. The molecule has 0 amide bonds. The second kappa shape index (κ2) is 3.12. The molecule has 0 spiro atoms. The van der Waals surface area contributed by atoms with Crippen molar-refractivity contribution in [1.29, 1.82) is 0 Å². The SMILES string of the molecule is Oc1c(C(F)(F)F)ccc2cccnc12. The molecule has 5 heteroatoms. The number of fused-ring (bicyclic) bond motifs is 1. The number of alkyl halides is 3. The second-order valence-corrected chi connectivity index (χ2v) is 3.03. The summed E-state index contributed by atoms with van der Waals surface area (Å²) in [5.74, 6) is -0.819. The number of rotatable bonds is 0. The van der Waals surface area contributed by atoms with Crippen LogP contribution in [0.15, 0.2) is 30.5 Å². The number of pyridine rings is 1. The molecule has 2 rings (SSSR count). The summed E-state index contributed by atoms with van der Waals surface area (Å²) in [6.07, 6.45) is -3.22. The maximum atomic E-state index is 12.4. The van der Waals surface area contributed by atoms with Crippen molar-refractivity contribution in [1.82, 2.24) is 4.98 Å². The Kier molecular flexibility index (Phi) is 2.03. The van der Waals surface area contributed by atoms with Crippen molar-refractivity contribution in [3.05, 3.63) is 36.0 Å². The Hall–Kier alpha value is -1.78. The van der Waals surface area contributed by atoms with E-state index in [2.05, 4.69) is 4.98 Å². The maximum absolute atomic E-state index is 12.4. The predicted molar refractivity (Wildman–Crippen MR) is 48.4 cm³/mol. The minimum atomic E-state index is -4.56. The summed E-state index contributed by atoms with van der Waals surface area (Å²) >= 11 is 0. The Bertz CT molecular complexity index is 507. The molecule has 0 saturated heterocycles. The number of phenols is 1. The highest BCUT2D eigenvalue weighted by molar-refractivity contribution is 5.85. The van der Waals surface area contributed by atoms with Gasteiger partial charge in [0.2, 0.25) is 0 Å². The average Bonchev–Trinajstić information content (AvgIpc) is 2.16. The lowest BCUT2D eigenvalue weighted by molar-refractivity contribution is -0.138. The molecule has 15 heavy (non-hydrogen) atoms. The molecule has 0 atom stereocenters. The zero-order valence-corrected chi connectivity index (χ0v) is 7.42. The average molecular weight is 213 g/mol. The van der Waals surface area contributed by atoms with Crippen LogP contribution in [-0.2, 0) is 6.18 Å². The highest BCUT2D eigenvalue weighted by Gasteiger charge is 2.34. The Labute approximate surface area is 83.0 Å². The summed E-state index contributed by atoms with van der Waals surface area (Å²) in [5, 5.41) is 9.88. The monoisotopic (exact) mass is 213 g/mol. The zero-order valence-electron chi connectivity index (χ0n) is 7.42. The van der Waals surface area contributed by atoms with Gasteiger partial charge in [-0.1, -0.05) is 12.1 Å². The maximum Gasteiger partial charge on any atom is 0.420 e. The number of phenolic OH excluding ortho intramolecular Hbond substituents is 1. The zero-order chi connectivity index (χ0) is 11.1. The topological polar surface area (TPSA) is 33.1 Å². The first-order valence-electron chi connectivity index (χ1n) is 4.14. The van der Waals surface area contributed by atoms with Gasteiger partial charge in [-0.3, -0.25) is 4.98 Å². The molecule has 1 N–H and O–H groups in total. The molecule has 1 aromatic heterocycles. The normalized spacial score (nSPS) is 11.9. The van der Waals surface area contributed by atoms with Crippen LogP contribution in [0, 0.1) is 0 Å². The third-order valence-electron chi connectivity index (χ3n) is 2.05. The molecule has 0 aliphatic carbocycles. The molecule has 0 aliphatic heterocycles. The largest absolute Gasteiger partial charge is 0.505 e. The number of nitrogens with zero attached hydrogens (tertiary/aromatic N) is 1. The summed E-state index contributed by atoms with van der Waals surface area (Å²) in [5.41, 5.74) is -1.10. The lowest BCUT2D eigenvalue weighted by Gasteiger charge is -2.09. The molecule has 1 aromatic carbocycles. The van der Waals surface area contributed by atoms with E-state index in [1.54, 1.807) is 12.1 Å². The van der Waals surface area contributed by atoms with E-state index >= 15 is 0 Å². The van der Waals surface area contributed by atoms with E-state index in [9.17, 15) is 18.3 Å². The van der Waals surface area contributed by atoms with Gasteiger partial charge in [0.1, 0.15) is 5.52 Å². The van der Waals surface area contributed by atoms with E-state index < -0.39 is 17.5 Å². The van der Waals surface area contributed by atoms with Crippen molar-refractivity contribution in [3.8, 4) is 5.75 Å². The van der Waals surface area contributed by atoms with Gasteiger partial charge < -0.3 is 5.11 Å². The molecule has 0 bridgehead atoms. The van der Waals surface area contributed by atoms with Gasteiger partial charge in [-0.25, -0.2) is 0 Å². The van der Waals surface area contributed by atoms with Crippen LogP contribution >= 0.6 is 0 Å². The molecule has 2 nitrogen and oxygen atoms in total. The van der Waals surface area contributed by atoms with Crippen molar-refractivity contribution >= 4 is 10.9 Å². The van der Waals surface area contributed by atoms with Gasteiger partial charge in [-0.2, -0.15) is 13.2 Å². The van der Waals surface area contributed by atoms with Gasteiger partial charge in [0, 0.05) is 11.6 Å². The number of hydrogen-bond acceptors (Lipinski definition) is 2. The quantitative estimate of drug-likeness (QED) is 0.729. The molecule has 0 fully saturated rings. The molecule has 0 unspecified atom stereocenters. The third kappa shape index (κ3) is 1.60. The van der Waals surface area contributed by atoms with Gasteiger partial charge in [0.15, 0.2) is 5.75 Å². The minimum absolute atomic E-state index is 0.0349. The van der Waals surface area contributed by atoms with Crippen molar-refractivity contribution in [2.24, 2.45) is 0 Å². The minimum Gasteiger partial charge on any atom is -0.505 e. The number of aromatic nitrogens is 1. The Morgan fingerprint density at radius 1 is 1.13 bits per heavy atom. The molecule has 1 heterocycles. The van der Waals surface area contributed by atoms with Crippen LogP contribution < -0.4 is 0 Å². The van der Waals surface area contributed by atoms with E-state index in [4.69, 9.17) is 0 Å². The number of aromatic hydroxyl groups is 1. The standard InChI is InChI=1S/C10H6F3NO/c11-10(12,13)7-4-3-6-2-1-5-14-8(6)9(7)15/h1-5,15H. The highest BCUT2D eigenvalue weighted by Crippen LogP contribution is 2.38. The van der Waals surface area contributed by atoms with E-state index in [-0.39, 0.29) is 5.52 Å². The van der Waals surface area contributed by atoms with Gasteiger partial charge in [-0.05, 0) is 12.1 Å². The van der Waals surface area contributed by atoms with Crippen LogP contribution in [0.3, 0.4) is 0 Å². The van der Waals surface area contributed by atoms with Crippen LogP contribution in [0.1, 0.15) is 5.56 Å². The predicted octanol–water partition coefficient (Wildman–Crippen LogP) is 2.96. The Morgan fingerprint density at radius 2 is 1.87 bits per heavy atom. The molecule has 0 radical (unpaired) electrons. The first-order valence-corrected chi connectivity index (χ1v) is 4.14. The highest BCUT2D eigenvalue weighted by atomic mass is 19.4. The van der Waals surface area contributed by atoms with Crippen LogP contribution in [0.25, 0.3) is 10.9 Å². The molecule has 2 aromatic rings. The molecule has 78 valence electrons. The summed E-state index contributed by atoms with van der Waals surface area (Å²) in [6.45, 7) is 0. The number of halogens is 3. The van der Waals surface area contributed by atoms with Gasteiger partial charge in [0.05, 0.1) is 5.56 Å². The molecular formula is C10H6F3NO. The fraction of sp³-hybridized carbons (Fsp3) is 0.100. The lowest BCUT2D eigenvalue weighted by atomic mass is 10.1. The fourth-order valence-corrected chi connectivity index (χ4v) is 1.36. The third-order valence-corrected chi connectivity index (χ3v) is 2.05. The molecule has 0 aliphatic rings. The lowest BCUT2D eigenvalue weighted by Crippen LogP contribution is -2.05. The second-order valence-electron chi connectivity index (χ2n) is 3.03. The van der Waals surface area contributed by atoms with E-state index in [0.717, 1.165) is 6.07 Å². The fourth-order valence-electron chi connectivity index (χ4n) is 1.36. The van der Waals surface area contributed by atoms with Crippen LogP contribution in [-0.4, -0.2) is 10.1 Å². The van der Waals surface area contributed by atoms with Crippen LogP contribution in [0.4, 0.5) is 13.2 Å². The van der Waals surface area contributed by atoms with E-state index in [0.29, 0.717) is 5.39 Å². The summed E-state index contributed by atoms with van der Waals surface area (Å²) in [4.78, 5) is 3.70. The number of hydrogen-bond donors (Lipinski definition) is 1. The summed E-state index contributed by atoms with van der Waals surface area (Å²) < 4.78 is 37.2. The first-order chi connectivity index (χ1) is 7.00. The summed E-state index contributed by atoms with van der Waals surface area (Å²) in [6, 6.07) is 5.31. The number of benzene rings is 1. The van der Waals surface area contributed by atoms with Crippen molar-refractivity contribution in [3.63, 3.8) is 0 Å². The van der Waals surface area contributed by atoms with Gasteiger partial charge in [-0.15, -0.1) is 0 Å². The Morgan fingerprint density at radius 3 is 2.53 bits per heavy atom. The Balaban J connectivity index is 2.76. The van der Waals surface area contributed by atoms with E-state index in [1.165, 1.54) is 12.3 Å². The van der Waals surface area contributed by atoms with Crippen molar-refractivity contribution in [2.45, 2.75) is 6.18 Å². The van der Waals surface area contributed by atoms with E-state index in [1.807, 2.05) is 0 Å². The smallest absolute Gasteiger partial charge is 0.420 e. The van der Waals surface area contributed by atoms with Gasteiger partial charge in [0.25, 0.3) is 0 Å². The van der Waals surface area contributed by atoms with Crippen molar-refractivity contribution in [2.75, 3.05) is 0 Å².